The maximum Gasteiger partial charge on any atom is 2.00 e. The molecule has 760 valence electrons. The summed E-state index contributed by atoms with van der Waals surface area (Å²) in [4.78, 5) is 65.0. The molecule has 5 aromatic carbocycles. The quantitative estimate of drug-likeness (QED) is 0.0317. The van der Waals surface area contributed by atoms with E-state index in [1.54, 1.807) is 70.9 Å². The van der Waals surface area contributed by atoms with Gasteiger partial charge in [-0.25, -0.2) is 32.3 Å². The molecule has 21 nitrogen and oxygen atoms in total. The third kappa shape index (κ3) is 65.5. The topological polar surface area (TPSA) is 248 Å². The number of benzene rings is 5. The number of piperidine rings is 5. The molecule has 135 heavy (non-hydrogen) atoms. The number of ketones is 1. The minimum Gasteiger partial charge on any atom is -1.00 e. The van der Waals surface area contributed by atoms with Crippen LogP contribution in [-0.2, 0) is 80.8 Å². The minimum atomic E-state index is -1.42. The first kappa shape index (κ1) is 144. The summed E-state index contributed by atoms with van der Waals surface area (Å²) in [5.41, 5.74) is -0.835. The zero-order valence-electron chi connectivity index (χ0n) is 82.8. The molecule has 9 aliphatic heterocycles. The van der Waals surface area contributed by atoms with Gasteiger partial charge in [-0.3, -0.25) is 4.79 Å². The largest absolute Gasteiger partial charge is 2.00 e. The number of likely N-dealkylation sites (tertiary alicyclic amines) is 4. The third-order valence-corrected chi connectivity index (χ3v) is 20.5. The van der Waals surface area contributed by atoms with E-state index in [-0.39, 0.29) is 222 Å². The summed E-state index contributed by atoms with van der Waals surface area (Å²) in [6.07, 6.45) is 22.1. The molecule has 3 spiro atoms. The summed E-state index contributed by atoms with van der Waals surface area (Å²) in [5.74, 6) is 1.13. The summed E-state index contributed by atoms with van der Waals surface area (Å²) in [6.45, 7) is 40.7. The molecular weight excluding hydrogens is 2320 g/mol. The Labute approximate surface area is 966 Å². The van der Waals surface area contributed by atoms with E-state index in [1.165, 1.54) is 78.6 Å². The van der Waals surface area contributed by atoms with E-state index in [0.717, 1.165) is 119 Å². The monoisotopic (exact) mass is 2450 g/mol. The van der Waals surface area contributed by atoms with Crippen LogP contribution in [0.1, 0.15) is 211 Å². The molecule has 0 radical (unpaired) electrons. The van der Waals surface area contributed by atoms with E-state index in [0.29, 0.717) is 90.1 Å². The average Bonchev–Trinajstić information content (AvgIpc) is 1.60. The van der Waals surface area contributed by atoms with Crippen LogP contribution in [0.4, 0.5) is 32.3 Å². The Hall–Kier alpha value is 0.138. The van der Waals surface area contributed by atoms with E-state index in [1.807, 2.05) is 152 Å². The van der Waals surface area contributed by atoms with Crippen molar-refractivity contribution in [1.82, 2.24) is 24.9 Å². The fraction of sp³-hybridized carbons (Fsp3) is 0.621. The van der Waals surface area contributed by atoms with Crippen LogP contribution >= 0.6 is 99.8 Å². The predicted molar refractivity (Wildman–Crippen MR) is 532 cm³/mol. The molecule has 0 saturated carbocycles. The summed E-state index contributed by atoms with van der Waals surface area (Å²) in [7, 11) is -1.42. The van der Waals surface area contributed by atoms with Crippen molar-refractivity contribution >= 4 is 186 Å². The van der Waals surface area contributed by atoms with Crippen LogP contribution in [0.3, 0.4) is 0 Å². The molecule has 0 aliphatic carbocycles. The van der Waals surface area contributed by atoms with Crippen molar-refractivity contribution in [1.29, 1.82) is 0 Å². The standard InChI is InChI=1S/C17H23ClFNO3.C17H22ClNO3.C12H14ClNO.C11H19NO3.C10H17NO3.C6H3BrClF.C6H3ClF.C4H8O.C4H9O.C3H9OS.C3H7.C2H6S.2BrH.ClH.Cu.HI.K.2Mg/c1-16(2,3)23-15(21)20-8-6-17(22,7-9-20)11-12-10-13(18)4-5-14(12)19;1-16(2,3)22-15(20)19-8-6-17(7-9-19)11-12-10-13(18)4-5-14(12)21-17;13-10-1-2-11-9(7-10)8-12(15-11)3-5-14-6-4-12;1-10(2,3)15-9(13)12-6-4-11(5-7-12)8-14-11;1-10(2,3)14-9(13)11-6-4-8(12)5-7-11;7-5-3-4(8)1-2-6(5)9;7-5-1-3-6(8)4-2-5;1-2-4-5-3-1;1-4(2,3)5;1-5(2,3)4;2*1-3-2;;;;;;;;/h4-5,10,22H,6-9,11H2,1-3H3;4-5,10H,6-9,11H2,1-3H3;1-2,7,14H,3-6,8H2;4-8H2,1-3H3;4-7H2,1-3H3;1-3H;1-3H;1-4H2;2*1-3H3;3H,1-2H3;1-2H3;3*1H;;1H;;;/q;;;;;;-1;;-1;+1;-1;;;;;+1;;+1;2*+2/p-4. The van der Waals surface area contributed by atoms with Crippen molar-refractivity contribution in [2.75, 3.05) is 117 Å². The van der Waals surface area contributed by atoms with E-state index < -0.39 is 43.5 Å². The second-order valence-electron chi connectivity index (χ2n) is 37.8. The Morgan fingerprint density at radius 2 is 0.867 bits per heavy atom. The van der Waals surface area contributed by atoms with Crippen LogP contribution in [0.5, 0.6) is 11.5 Å². The first-order chi connectivity index (χ1) is 59.7. The van der Waals surface area contributed by atoms with Crippen molar-refractivity contribution in [2.45, 2.75) is 264 Å². The van der Waals surface area contributed by atoms with E-state index in [9.17, 15) is 51.6 Å². The Kier molecular flexibility index (Phi) is 74.6. The number of Topliss-reactive ketones (excluding diaryl/α,β-unsaturated/α-hetero) is 1. The van der Waals surface area contributed by atoms with Gasteiger partial charge in [0.1, 0.15) is 81.3 Å². The molecule has 4 amide bonds. The number of nitrogens with zero attached hydrogens (tertiary/aromatic N) is 4. The number of aliphatic hydroxyl groups is 1. The van der Waals surface area contributed by atoms with Gasteiger partial charge in [-0.05, 0) is 265 Å². The number of amides is 4. The number of epoxide rings is 1. The molecule has 0 aromatic heterocycles. The molecule has 2 N–H and O–H groups in total. The molecule has 0 atom stereocenters. The smallest absolute Gasteiger partial charge is 1.00 e. The van der Waals surface area contributed by atoms with Gasteiger partial charge in [-0.2, -0.15) is 49.3 Å². The van der Waals surface area contributed by atoms with Gasteiger partial charge in [0.25, 0.3) is 0 Å². The zero-order valence-corrected chi connectivity index (χ0v) is 103. The van der Waals surface area contributed by atoms with Gasteiger partial charge in [0.2, 0.25) is 0 Å². The predicted octanol–water partition coefficient (Wildman–Crippen LogP) is 10.7. The molecule has 0 bridgehead atoms. The van der Waals surface area contributed by atoms with Gasteiger partial charge in [-0.1, -0.05) is 72.2 Å². The molecule has 14 rings (SSSR count). The number of fused-ring (bicyclic) bond motifs is 2. The average molecular weight is 2460 g/mol. The second-order valence-corrected chi connectivity index (χ2v) is 45.1. The second kappa shape index (κ2) is 70.1. The zero-order chi connectivity index (χ0) is 98.2. The van der Waals surface area contributed by atoms with Gasteiger partial charge >= 0.3 is 150 Å². The van der Waals surface area contributed by atoms with Crippen LogP contribution in [0.25, 0.3) is 0 Å². The van der Waals surface area contributed by atoms with Crippen LogP contribution in [0.15, 0.2) is 95.5 Å². The first-order valence-electron chi connectivity index (χ1n) is 43.0. The molecule has 9 heterocycles. The SMILES string of the molecule is C1CCOC1.CC(C)(C)OC(=O)N1CCC(=O)CC1.CC(C)(C)OC(=O)N1CCC(O)(Cc2cc(Cl)ccc2F)CC1.CC(C)(C)OC(=O)N1CCC2(CC1)CO2.CC(C)(C)OC(=O)N1CCC2(CC1)Cc1cc(Cl)ccc1O2.CC(C)(C)[O-].CSC.C[CH-]C.C[S+](C)(C)=O.Clc1ccc2c(c1)CC1(CCNCC1)O2.Fc1[c-]cc(Cl)cc1.Fc1ccc(Cl)cc1Br.[Br-].[Cl-].[Cu][Br].[I-].[K+].[Mg+2].[Mg+2]. The van der Waals surface area contributed by atoms with Crippen molar-refractivity contribution < 1.29 is 208 Å². The molecule has 40 heteroatoms. The Morgan fingerprint density at radius 1 is 0.563 bits per heavy atom. The number of carbonyl (C=O) groups excluding carboxylic acids is 5. The van der Waals surface area contributed by atoms with Gasteiger partial charge in [0.15, 0.2) is 0 Å². The molecule has 7 saturated heterocycles. The van der Waals surface area contributed by atoms with Gasteiger partial charge in [-0.15, -0.1) is 21.9 Å². The first-order valence-corrected chi connectivity index (χ1v) is 52.4. The van der Waals surface area contributed by atoms with Gasteiger partial charge in [0.05, 0.1) is 32.2 Å². The fourth-order valence-corrected chi connectivity index (χ4v) is 14.1. The maximum atomic E-state index is 13.8. The minimum absolute atomic E-state index is 0. The number of hydrogen-bond acceptors (Lipinski definition) is 18. The number of carbonyl (C=O) groups is 5. The van der Waals surface area contributed by atoms with Crippen molar-refractivity contribution in [3.63, 3.8) is 0 Å². The van der Waals surface area contributed by atoms with Crippen LogP contribution < -0.4 is 125 Å². The molecular formula is C95H140Br3Cl6CuF3IKMg2N5O16S2. The van der Waals surface area contributed by atoms with Crippen LogP contribution in [0.2, 0.25) is 25.1 Å². The van der Waals surface area contributed by atoms with Crippen LogP contribution in [0, 0.1) is 29.9 Å². The van der Waals surface area contributed by atoms with E-state index in [4.69, 9.17) is 95.9 Å². The number of hydrogen-bond donors (Lipinski definition) is 2. The number of nitrogens with one attached hydrogen (secondary N) is 1. The number of thioether (sulfide) groups is 1. The molecule has 0 unspecified atom stereocenters. The van der Waals surface area contributed by atoms with Crippen molar-refractivity contribution in [3.8, 4) is 11.5 Å². The molecule has 9 aliphatic rings. The summed E-state index contributed by atoms with van der Waals surface area (Å²) < 4.78 is 92.6. The van der Waals surface area contributed by atoms with Gasteiger partial charge in [0, 0.05) is 136 Å². The summed E-state index contributed by atoms with van der Waals surface area (Å²) in [5, 5.41) is 27.2. The normalized spacial score (nSPS) is 16.6. The number of ether oxygens (including phenoxy) is 8. The Bertz CT molecular complexity index is 4220. The van der Waals surface area contributed by atoms with Crippen molar-refractivity contribution in [3.05, 3.63) is 167 Å². The van der Waals surface area contributed by atoms with E-state index >= 15 is 0 Å². The Morgan fingerprint density at radius 3 is 1.17 bits per heavy atom. The maximum absolute atomic E-state index is 13.8. The Balaban J connectivity index is -0.000000472. The van der Waals surface area contributed by atoms with Crippen LogP contribution in [-0.4, -0.2) is 268 Å². The fourth-order valence-electron chi connectivity index (χ4n) is 12.8. The van der Waals surface area contributed by atoms with Crippen molar-refractivity contribution in [2.24, 2.45) is 0 Å². The molecule has 7 fully saturated rings. The number of rotatable bonds is 2. The summed E-state index contributed by atoms with van der Waals surface area (Å²) in [6, 6.07) is 26.8. The third-order valence-electron chi connectivity index (χ3n) is 18.7. The number of halogens is 13. The summed E-state index contributed by atoms with van der Waals surface area (Å²) >= 11 is 40.1. The van der Waals surface area contributed by atoms with Gasteiger partial charge < -0.3 is 133 Å². The molecule has 5 aromatic rings. The van der Waals surface area contributed by atoms with E-state index in [2.05, 4.69) is 55.6 Å².